The maximum absolute atomic E-state index is 11.9. The van der Waals surface area contributed by atoms with Gasteiger partial charge in [-0.2, -0.15) is 0 Å². The van der Waals surface area contributed by atoms with Crippen molar-refractivity contribution in [2.45, 2.75) is 25.7 Å². The van der Waals surface area contributed by atoms with Gasteiger partial charge in [-0.3, -0.25) is 4.79 Å². The van der Waals surface area contributed by atoms with Crippen LogP contribution < -0.4 is 0 Å². The summed E-state index contributed by atoms with van der Waals surface area (Å²) in [5, 5.41) is 0. The van der Waals surface area contributed by atoms with E-state index in [1.54, 1.807) is 0 Å². The first kappa shape index (κ1) is 11.2. The second-order valence-corrected chi connectivity index (χ2v) is 5.03. The highest BCUT2D eigenvalue weighted by Crippen LogP contribution is 2.36. The third-order valence-electron chi connectivity index (χ3n) is 3.81. The zero-order valence-corrected chi connectivity index (χ0v) is 10.5. The fourth-order valence-corrected chi connectivity index (χ4v) is 2.91. The normalized spacial score (nSPS) is 18.5. The van der Waals surface area contributed by atoms with Gasteiger partial charge in [0, 0.05) is 18.8 Å². The Morgan fingerprint density at radius 1 is 0.944 bits per heavy atom. The predicted molar refractivity (Wildman–Crippen MR) is 72.8 cm³/mol. The van der Waals surface area contributed by atoms with Crippen molar-refractivity contribution >= 4 is 5.78 Å². The monoisotopic (exact) mass is 236 g/mol. The molecule has 0 aromatic heterocycles. The second-order valence-electron chi connectivity index (χ2n) is 5.03. The lowest BCUT2D eigenvalue weighted by Gasteiger charge is -2.26. The standard InChI is InChI=1S/C17H16O/c1-12-6-2-4-8-15(12)17-11-14(18)10-13-7-3-5-9-16(13)17/h2-9,17H,10-11H2,1H3/t17-/m1/s1. The van der Waals surface area contributed by atoms with E-state index in [9.17, 15) is 4.79 Å². The topological polar surface area (TPSA) is 17.1 Å². The number of aryl methyl sites for hydroxylation is 1. The average molecular weight is 236 g/mol. The van der Waals surface area contributed by atoms with Crippen molar-refractivity contribution in [3.05, 3.63) is 70.8 Å². The molecular weight excluding hydrogens is 220 g/mol. The Kier molecular flexibility index (Phi) is 2.75. The summed E-state index contributed by atoms with van der Waals surface area (Å²) < 4.78 is 0. The summed E-state index contributed by atoms with van der Waals surface area (Å²) in [6, 6.07) is 16.7. The van der Waals surface area contributed by atoms with Crippen molar-refractivity contribution in [3.8, 4) is 0 Å². The molecule has 2 aromatic carbocycles. The number of ketones is 1. The van der Waals surface area contributed by atoms with Crippen molar-refractivity contribution in [1.82, 2.24) is 0 Å². The molecule has 2 aromatic rings. The van der Waals surface area contributed by atoms with E-state index in [0.717, 1.165) is 0 Å². The molecule has 90 valence electrons. The van der Waals surface area contributed by atoms with Crippen LogP contribution in [0.5, 0.6) is 0 Å². The van der Waals surface area contributed by atoms with Gasteiger partial charge in [0.2, 0.25) is 0 Å². The third-order valence-corrected chi connectivity index (χ3v) is 3.81. The van der Waals surface area contributed by atoms with Crippen LogP contribution in [0.3, 0.4) is 0 Å². The van der Waals surface area contributed by atoms with Gasteiger partial charge in [0.1, 0.15) is 5.78 Å². The van der Waals surface area contributed by atoms with Crippen molar-refractivity contribution < 1.29 is 4.79 Å². The Hall–Kier alpha value is -1.89. The SMILES string of the molecule is Cc1ccccc1[C@H]1CC(=O)Cc2ccccc21. The number of hydrogen-bond acceptors (Lipinski definition) is 1. The van der Waals surface area contributed by atoms with Gasteiger partial charge in [-0.15, -0.1) is 0 Å². The van der Waals surface area contributed by atoms with Crippen molar-refractivity contribution in [1.29, 1.82) is 0 Å². The van der Waals surface area contributed by atoms with Gasteiger partial charge in [-0.05, 0) is 29.2 Å². The number of carbonyl (C=O) groups is 1. The molecule has 1 nitrogen and oxygen atoms in total. The van der Waals surface area contributed by atoms with Crippen LogP contribution >= 0.6 is 0 Å². The Balaban J connectivity index is 2.13. The van der Waals surface area contributed by atoms with E-state index in [2.05, 4.69) is 49.4 Å². The van der Waals surface area contributed by atoms with Gasteiger partial charge in [-0.1, -0.05) is 48.5 Å². The van der Waals surface area contributed by atoms with E-state index < -0.39 is 0 Å². The lowest BCUT2D eigenvalue weighted by Crippen LogP contribution is -2.19. The number of rotatable bonds is 1. The van der Waals surface area contributed by atoms with Gasteiger partial charge < -0.3 is 0 Å². The fourth-order valence-electron chi connectivity index (χ4n) is 2.91. The molecule has 0 unspecified atom stereocenters. The summed E-state index contributed by atoms with van der Waals surface area (Å²) in [7, 11) is 0. The molecule has 1 atom stereocenters. The largest absolute Gasteiger partial charge is 0.299 e. The quantitative estimate of drug-likeness (QED) is 0.738. The van der Waals surface area contributed by atoms with Crippen molar-refractivity contribution in [3.63, 3.8) is 0 Å². The van der Waals surface area contributed by atoms with E-state index in [4.69, 9.17) is 0 Å². The number of hydrogen-bond donors (Lipinski definition) is 0. The Labute approximate surface area is 107 Å². The van der Waals surface area contributed by atoms with Crippen LogP contribution in [0.15, 0.2) is 48.5 Å². The minimum absolute atomic E-state index is 0.239. The molecule has 1 heteroatoms. The minimum atomic E-state index is 0.239. The molecular formula is C17H16O. The summed E-state index contributed by atoms with van der Waals surface area (Å²) in [5.41, 5.74) is 5.08. The predicted octanol–water partition coefficient (Wildman–Crippen LogP) is 3.64. The molecule has 0 saturated carbocycles. The molecule has 0 heterocycles. The van der Waals surface area contributed by atoms with Crippen LogP contribution in [0.1, 0.15) is 34.6 Å². The van der Waals surface area contributed by atoms with Gasteiger partial charge in [-0.25, -0.2) is 0 Å². The summed E-state index contributed by atoms with van der Waals surface area (Å²) in [4.78, 5) is 11.9. The van der Waals surface area contributed by atoms with Gasteiger partial charge >= 0.3 is 0 Å². The summed E-state index contributed by atoms with van der Waals surface area (Å²) in [5.74, 6) is 0.589. The molecule has 0 radical (unpaired) electrons. The van der Waals surface area contributed by atoms with Crippen LogP contribution in [0.4, 0.5) is 0 Å². The Morgan fingerprint density at radius 3 is 2.39 bits per heavy atom. The molecule has 18 heavy (non-hydrogen) atoms. The molecule has 0 amide bonds. The molecule has 0 bridgehead atoms. The number of benzene rings is 2. The van der Waals surface area contributed by atoms with Crippen LogP contribution in [0, 0.1) is 6.92 Å². The fraction of sp³-hybridized carbons (Fsp3) is 0.235. The van der Waals surface area contributed by atoms with Crippen LogP contribution in [0.25, 0.3) is 0 Å². The number of carbonyl (C=O) groups excluding carboxylic acids is 1. The van der Waals surface area contributed by atoms with E-state index >= 15 is 0 Å². The van der Waals surface area contributed by atoms with Crippen LogP contribution in [0.2, 0.25) is 0 Å². The van der Waals surface area contributed by atoms with Gasteiger partial charge in [0.25, 0.3) is 0 Å². The van der Waals surface area contributed by atoms with E-state index in [1.165, 1.54) is 22.3 Å². The highest BCUT2D eigenvalue weighted by molar-refractivity contribution is 5.85. The maximum Gasteiger partial charge on any atom is 0.138 e. The first-order valence-electron chi connectivity index (χ1n) is 6.41. The molecule has 0 spiro atoms. The minimum Gasteiger partial charge on any atom is -0.299 e. The molecule has 1 aliphatic carbocycles. The second kappa shape index (κ2) is 4.41. The third kappa shape index (κ3) is 1.86. The van der Waals surface area contributed by atoms with Crippen molar-refractivity contribution in [2.24, 2.45) is 0 Å². The van der Waals surface area contributed by atoms with E-state index in [1.807, 2.05) is 6.07 Å². The zero-order chi connectivity index (χ0) is 12.5. The molecule has 0 saturated heterocycles. The summed E-state index contributed by atoms with van der Waals surface area (Å²) >= 11 is 0. The summed E-state index contributed by atoms with van der Waals surface area (Å²) in [6.45, 7) is 2.12. The van der Waals surface area contributed by atoms with Crippen molar-refractivity contribution in [2.75, 3.05) is 0 Å². The highest BCUT2D eigenvalue weighted by atomic mass is 16.1. The van der Waals surface area contributed by atoms with E-state index in [-0.39, 0.29) is 5.92 Å². The molecule has 0 N–H and O–H groups in total. The van der Waals surface area contributed by atoms with Gasteiger partial charge in [0.15, 0.2) is 0 Å². The lowest BCUT2D eigenvalue weighted by atomic mass is 9.77. The zero-order valence-electron chi connectivity index (χ0n) is 10.5. The highest BCUT2D eigenvalue weighted by Gasteiger charge is 2.26. The Bertz CT molecular complexity index is 598. The lowest BCUT2D eigenvalue weighted by molar-refractivity contribution is -0.119. The molecule has 1 aliphatic rings. The van der Waals surface area contributed by atoms with Crippen LogP contribution in [-0.4, -0.2) is 5.78 Å². The maximum atomic E-state index is 11.9. The van der Waals surface area contributed by atoms with Gasteiger partial charge in [0.05, 0.1) is 0 Å². The first-order chi connectivity index (χ1) is 8.75. The molecule has 0 fully saturated rings. The average Bonchev–Trinajstić information content (AvgIpc) is 2.38. The first-order valence-corrected chi connectivity index (χ1v) is 6.41. The van der Waals surface area contributed by atoms with E-state index in [0.29, 0.717) is 18.6 Å². The summed E-state index contributed by atoms with van der Waals surface area (Å²) in [6.07, 6.45) is 1.24. The molecule has 0 aliphatic heterocycles. The Morgan fingerprint density at radius 2 is 1.61 bits per heavy atom. The smallest absolute Gasteiger partial charge is 0.138 e. The number of Topliss-reactive ketones (excluding diaryl/α,β-unsaturated/α-hetero) is 1. The number of fused-ring (bicyclic) bond motifs is 1. The molecule has 3 rings (SSSR count). The van der Waals surface area contributed by atoms with Crippen LogP contribution in [-0.2, 0) is 11.2 Å².